The summed E-state index contributed by atoms with van der Waals surface area (Å²) in [4.78, 5) is 27.8. The molecule has 7 nitrogen and oxygen atoms in total. The van der Waals surface area contributed by atoms with Gasteiger partial charge in [-0.2, -0.15) is 0 Å². The van der Waals surface area contributed by atoms with Crippen molar-refractivity contribution in [2.75, 3.05) is 5.32 Å². The maximum absolute atomic E-state index is 14.7. The maximum atomic E-state index is 14.7. The van der Waals surface area contributed by atoms with Gasteiger partial charge in [0.25, 0.3) is 5.91 Å². The Labute approximate surface area is 176 Å². The molecular weight excluding hydrogens is 407 g/mol. The predicted octanol–water partition coefficient (Wildman–Crippen LogP) is 2.74. The first-order valence-corrected chi connectivity index (χ1v) is 9.96. The Morgan fingerprint density at radius 3 is 2.63 bits per heavy atom. The number of hydrogen-bond donors (Lipinski definition) is 4. The van der Waals surface area contributed by atoms with Gasteiger partial charge in [0.15, 0.2) is 0 Å². The standard InChI is InChI=1S/C21H21FN4O3S/c1-11(27)7-12-5-6-14(16(22)8-12)17-10-15(20(24)29)21(30-17)26-19-4-2-3-13(25-19)9-18(23)28/h2-6,8,10-11,27H,7,9H2,1H3,(H2,23,28)(H2,24,29)(H,25,26). The van der Waals surface area contributed by atoms with Crippen LogP contribution in [0.1, 0.15) is 28.5 Å². The van der Waals surface area contributed by atoms with E-state index in [0.29, 0.717) is 38.9 Å². The normalized spacial score (nSPS) is 11.8. The highest BCUT2D eigenvalue weighted by molar-refractivity contribution is 7.19. The molecule has 3 rings (SSSR count). The number of nitrogens with two attached hydrogens (primary N) is 2. The van der Waals surface area contributed by atoms with Crippen LogP contribution in [-0.2, 0) is 17.6 Å². The number of hydrogen-bond acceptors (Lipinski definition) is 6. The van der Waals surface area contributed by atoms with E-state index in [2.05, 4.69) is 10.3 Å². The summed E-state index contributed by atoms with van der Waals surface area (Å²) in [5.41, 5.74) is 12.4. The summed E-state index contributed by atoms with van der Waals surface area (Å²) in [5.74, 6) is -1.24. The molecule has 3 aromatic rings. The fraction of sp³-hybridized carbons (Fsp3) is 0.190. The lowest BCUT2D eigenvalue weighted by Gasteiger charge is -2.07. The molecule has 0 saturated carbocycles. The molecule has 0 aliphatic carbocycles. The summed E-state index contributed by atoms with van der Waals surface area (Å²) < 4.78 is 14.7. The number of pyridine rings is 1. The van der Waals surface area contributed by atoms with Gasteiger partial charge in [-0.1, -0.05) is 18.2 Å². The minimum atomic E-state index is -0.667. The molecule has 9 heteroatoms. The molecule has 2 amide bonds. The maximum Gasteiger partial charge on any atom is 0.251 e. The first-order valence-electron chi connectivity index (χ1n) is 9.14. The van der Waals surface area contributed by atoms with E-state index in [1.54, 1.807) is 37.3 Å². The third-order valence-corrected chi connectivity index (χ3v) is 5.32. The number of aromatic nitrogens is 1. The van der Waals surface area contributed by atoms with Gasteiger partial charge >= 0.3 is 0 Å². The minimum Gasteiger partial charge on any atom is -0.393 e. The second kappa shape index (κ2) is 9.02. The van der Waals surface area contributed by atoms with Gasteiger partial charge in [0.05, 0.1) is 23.8 Å². The van der Waals surface area contributed by atoms with Crippen molar-refractivity contribution in [3.63, 3.8) is 0 Å². The Hall–Kier alpha value is -3.30. The molecule has 30 heavy (non-hydrogen) atoms. The van der Waals surface area contributed by atoms with Crippen LogP contribution in [0.15, 0.2) is 42.5 Å². The first kappa shape index (κ1) is 21.4. The number of carbonyl (C=O) groups is 2. The van der Waals surface area contributed by atoms with E-state index in [1.165, 1.54) is 12.1 Å². The Morgan fingerprint density at radius 1 is 1.23 bits per heavy atom. The molecule has 0 saturated heterocycles. The molecule has 1 aromatic carbocycles. The molecule has 0 fully saturated rings. The highest BCUT2D eigenvalue weighted by Gasteiger charge is 2.18. The summed E-state index contributed by atoms with van der Waals surface area (Å²) in [6.07, 6.45) is -0.251. The highest BCUT2D eigenvalue weighted by Crippen LogP contribution is 2.38. The van der Waals surface area contributed by atoms with Crippen LogP contribution >= 0.6 is 11.3 Å². The van der Waals surface area contributed by atoms with Crippen molar-refractivity contribution in [2.24, 2.45) is 11.5 Å². The van der Waals surface area contributed by atoms with Crippen LogP contribution in [0.4, 0.5) is 15.2 Å². The number of amides is 2. The number of thiophene rings is 1. The molecule has 1 atom stereocenters. The van der Waals surface area contributed by atoms with E-state index in [1.807, 2.05) is 0 Å². The number of rotatable bonds is 8. The van der Waals surface area contributed by atoms with E-state index in [4.69, 9.17) is 11.5 Å². The SMILES string of the molecule is CC(O)Cc1ccc(-c2cc(C(N)=O)c(Nc3cccc(CC(N)=O)n3)s2)c(F)c1. The second-order valence-corrected chi connectivity index (χ2v) is 7.92. The molecule has 156 valence electrons. The molecule has 0 aliphatic rings. The van der Waals surface area contributed by atoms with E-state index < -0.39 is 23.7 Å². The van der Waals surface area contributed by atoms with Crippen LogP contribution in [0.2, 0.25) is 0 Å². The third-order valence-electron chi connectivity index (χ3n) is 4.23. The van der Waals surface area contributed by atoms with E-state index in [9.17, 15) is 19.1 Å². The van der Waals surface area contributed by atoms with Crippen molar-refractivity contribution in [1.29, 1.82) is 0 Å². The molecule has 0 bridgehead atoms. The first-order chi connectivity index (χ1) is 14.2. The van der Waals surface area contributed by atoms with E-state index in [-0.39, 0.29) is 12.0 Å². The molecule has 0 radical (unpaired) electrons. The number of primary amides is 2. The lowest BCUT2D eigenvalue weighted by Crippen LogP contribution is -2.15. The topological polar surface area (TPSA) is 131 Å². The van der Waals surface area contributed by atoms with Crippen LogP contribution in [0.3, 0.4) is 0 Å². The number of halogens is 1. The van der Waals surface area contributed by atoms with Gasteiger partial charge in [-0.3, -0.25) is 9.59 Å². The average molecular weight is 428 g/mol. The van der Waals surface area contributed by atoms with Crippen molar-refractivity contribution < 1.29 is 19.1 Å². The van der Waals surface area contributed by atoms with Gasteiger partial charge in [0.1, 0.15) is 16.6 Å². The Bertz CT molecular complexity index is 1100. The predicted molar refractivity (Wildman–Crippen MR) is 114 cm³/mol. The van der Waals surface area contributed by atoms with Crippen molar-refractivity contribution in [1.82, 2.24) is 4.98 Å². The van der Waals surface area contributed by atoms with Gasteiger partial charge in [-0.05, 0) is 43.2 Å². The third kappa shape index (κ3) is 5.19. The number of nitrogens with zero attached hydrogens (tertiary/aromatic N) is 1. The molecule has 1 unspecified atom stereocenters. The smallest absolute Gasteiger partial charge is 0.251 e. The van der Waals surface area contributed by atoms with Crippen LogP contribution in [0, 0.1) is 5.82 Å². The summed E-state index contributed by atoms with van der Waals surface area (Å²) in [5, 5.41) is 12.9. The second-order valence-electron chi connectivity index (χ2n) is 6.87. The van der Waals surface area contributed by atoms with Gasteiger partial charge in [0.2, 0.25) is 5.91 Å². The summed E-state index contributed by atoms with van der Waals surface area (Å²) in [6, 6.07) is 11.3. The van der Waals surface area contributed by atoms with Crippen molar-refractivity contribution in [2.45, 2.75) is 25.9 Å². The molecule has 2 aromatic heterocycles. The number of benzene rings is 1. The summed E-state index contributed by atoms with van der Waals surface area (Å²) in [6.45, 7) is 1.63. The average Bonchev–Trinajstić information content (AvgIpc) is 3.04. The Kier molecular flexibility index (Phi) is 6.43. The molecule has 0 aliphatic heterocycles. The van der Waals surface area contributed by atoms with Gasteiger partial charge in [-0.25, -0.2) is 9.37 Å². The molecule has 6 N–H and O–H groups in total. The summed E-state index contributed by atoms with van der Waals surface area (Å²) in [7, 11) is 0. The lowest BCUT2D eigenvalue weighted by atomic mass is 10.0. The van der Waals surface area contributed by atoms with Crippen LogP contribution < -0.4 is 16.8 Å². The zero-order chi connectivity index (χ0) is 21.8. The molecule has 2 heterocycles. The van der Waals surface area contributed by atoms with E-state index in [0.717, 1.165) is 11.3 Å². The number of aliphatic hydroxyl groups is 1. The monoisotopic (exact) mass is 428 g/mol. The van der Waals surface area contributed by atoms with Gasteiger partial charge < -0.3 is 21.9 Å². The van der Waals surface area contributed by atoms with Crippen LogP contribution in [-0.4, -0.2) is 28.0 Å². The van der Waals surface area contributed by atoms with Crippen molar-refractivity contribution in [3.05, 3.63) is 65.1 Å². The van der Waals surface area contributed by atoms with Crippen molar-refractivity contribution in [3.8, 4) is 10.4 Å². The van der Waals surface area contributed by atoms with Gasteiger partial charge in [-0.15, -0.1) is 11.3 Å². The van der Waals surface area contributed by atoms with Crippen LogP contribution in [0.25, 0.3) is 10.4 Å². The molecular formula is C21H21FN4O3S. The van der Waals surface area contributed by atoms with Gasteiger partial charge in [0, 0.05) is 10.4 Å². The van der Waals surface area contributed by atoms with Crippen molar-refractivity contribution >= 4 is 34.0 Å². The highest BCUT2D eigenvalue weighted by atomic mass is 32.1. The number of aliphatic hydroxyl groups excluding tert-OH is 1. The Morgan fingerprint density at radius 2 is 2.00 bits per heavy atom. The Balaban J connectivity index is 1.93. The lowest BCUT2D eigenvalue weighted by molar-refractivity contribution is -0.117. The fourth-order valence-corrected chi connectivity index (χ4v) is 4.07. The minimum absolute atomic E-state index is 0.0160. The molecule has 0 spiro atoms. The zero-order valence-electron chi connectivity index (χ0n) is 16.2. The zero-order valence-corrected chi connectivity index (χ0v) is 17.0. The largest absolute Gasteiger partial charge is 0.393 e. The number of anilines is 2. The quantitative estimate of drug-likeness (QED) is 0.438. The van der Waals surface area contributed by atoms with E-state index >= 15 is 0 Å². The van der Waals surface area contributed by atoms with Crippen LogP contribution in [0.5, 0.6) is 0 Å². The fourth-order valence-electron chi connectivity index (χ4n) is 2.97. The summed E-state index contributed by atoms with van der Waals surface area (Å²) >= 11 is 1.16. The number of nitrogens with one attached hydrogen (secondary N) is 1. The number of carbonyl (C=O) groups excluding carboxylic acids is 2.